The summed E-state index contributed by atoms with van der Waals surface area (Å²) >= 11 is 0. The maximum Gasteiger partial charge on any atom is 0.350 e. The van der Waals surface area contributed by atoms with Crippen LogP contribution >= 0.6 is 0 Å². The standard InChI is InChI=1S/C10H12O4/c1-5(2)8(11)7-9(12)6(3)4-14-10(7)13/h4-5,12H,1-3H3. The Morgan fingerprint density at radius 3 is 2.57 bits per heavy atom. The van der Waals surface area contributed by atoms with E-state index in [2.05, 4.69) is 4.42 Å². The van der Waals surface area contributed by atoms with Crippen LogP contribution in [0.4, 0.5) is 0 Å². The van der Waals surface area contributed by atoms with Gasteiger partial charge in [0.05, 0.1) is 0 Å². The van der Waals surface area contributed by atoms with Gasteiger partial charge in [0.25, 0.3) is 0 Å². The number of ketones is 1. The summed E-state index contributed by atoms with van der Waals surface area (Å²) < 4.78 is 4.60. The Kier molecular flexibility index (Phi) is 2.74. The summed E-state index contributed by atoms with van der Waals surface area (Å²) in [4.78, 5) is 22.7. The van der Waals surface area contributed by atoms with Gasteiger partial charge in [0.2, 0.25) is 0 Å². The number of aryl methyl sites for hydroxylation is 1. The van der Waals surface area contributed by atoms with Crippen LogP contribution in [-0.2, 0) is 0 Å². The van der Waals surface area contributed by atoms with E-state index in [4.69, 9.17) is 0 Å². The van der Waals surface area contributed by atoms with Gasteiger partial charge >= 0.3 is 5.63 Å². The molecular formula is C10H12O4. The highest BCUT2D eigenvalue weighted by atomic mass is 16.4. The third-order valence-corrected chi connectivity index (χ3v) is 1.93. The Morgan fingerprint density at radius 1 is 1.50 bits per heavy atom. The van der Waals surface area contributed by atoms with E-state index in [1.165, 1.54) is 0 Å². The minimum Gasteiger partial charge on any atom is -0.507 e. The molecule has 1 aromatic heterocycles. The van der Waals surface area contributed by atoms with E-state index in [-0.39, 0.29) is 17.2 Å². The van der Waals surface area contributed by atoms with Gasteiger partial charge in [-0.05, 0) is 6.92 Å². The topological polar surface area (TPSA) is 67.5 Å². The first-order valence-corrected chi connectivity index (χ1v) is 4.30. The lowest BCUT2D eigenvalue weighted by Gasteiger charge is -2.05. The fourth-order valence-electron chi connectivity index (χ4n) is 1.06. The molecular weight excluding hydrogens is 184 g/mol. The monoisotopic (exact) mass is 196 g/mol. The van der Waals surface area contributed by atoms with Crippen LogP contribution in [0.5, 0.6) is 5.75 Å². The molecule has 1 N–H and O–H groups in total. The number of aromatic hydroxyl groups is 1. The molecule has 0 aliphatic heterocycles. The smallest absolute Gasteiger partial charge is 0.350 e. The fourth-order valence-corrected chi connectivity index (χ4v) is 1.06. The summed E-state index contributed by atoms with van der Waals surface area (Å²) in [6.45, 7) is 4.88. The van der Waals surface area contributed by atoms with Gasteiger partial charge in [-0.3, -0.25) is 4.79 Å². The quantitative estimate of drug-likeness (QED) is 0.727. The molecule has 0 atom stereocenters. The SMILES string of the molecule is Cc1coc(=O)c(C(=O)C(C)C)c1O. The number of hydrogen-bond donors (Lipinski definition) is 1. The molecule has 0 amide bonds. The van der Waals surface area contributed by atoms with Crippen LogP contribution in [0.2, 0.25) is 0 Å². The maximum atomic E-state index is 11.5. The second-order valence-electron chi connectivity index (χ2n) is 3.45. The van der Waals surface area contributed by atoms with Crippen molar-refractivity contribution >= 4 is 5.78 Å². The zero-order valence-electron chi connectivity index (χ0n) is 8.33. The first kappa shape index (κ1) is 10.5. The van der Waals surface area contributed by atoms with Gasteiger partial charge in [-0.2, -0.15) is 0 Å². The summed E-state index contributed by atoms with van der Waals surface area (Å²) in [6, 6.07) is 0. The highest BCUT2D eigenvalue weighted by molar-refractivity contribution is 5.99. The zero-order chi connectivity index (χ0) is 10.9. The van der Waals surface area contributed by atoms with Crippen LogP contribution in [-0.4, -0.2) is 10.9 Å². The number of carbonyl (C=O) groups is 1. The normalized spacial score (nSPS) is 10.6. The van der Waals surface area contributed by atoms with Gasteiger partial charge in [-0.25, -0.2) is 4.79 Å². The van der Waals surface area contributed by atoms with Crippen LogP contribution in [0.25, 0.3) is 0 Å². The second kappa shape index (κ2) is 3.65. The molecule has 1 aromatic rings. The van der Waals surface area contributed by atoms with Gasteiger partial charge in [-0.15, -0.1) is 0 Å². The molecule has 0 fully saturated rings. The van der Waals surface area contributed by atoms with E-state index < -0.39 is 11.4 Å². The molecule has 0 spiro atoms. The molecule has 0 radical (unpaired) electrons. The molecule has 4 heteroatoms. The van der Waals surface area contributed by atoms with Crippen LogP contribution in [0.3, 0.4) is 0 Å². The van der Waals surface area contributed by atoms with Crippen molar-refractivity contribution in [2.45, 2.75) is 20.8 Å². The fraction of sp³-hybridized carbons (Fsp3) is 0.400. The summed E-state index contributed by atoms with van der Waals surface area (Å²) in [5.41, 5.74) is -0.652. The number of Topliss-reactive ketones (excluding diaryl/α,β-unsaturated/α-hetero) is 1. The molecule has 1 heterocycles. The Labute approximate surface area is 81.2 Å². The summed E-state index contributed by atoms with van der Waals surface area (Å²) in [5.74, 6) is -1.02. The molecule has 0 saturated carbocycles. The van der Waals surface area contributed by atoms with Crippen LogP contribution in [0.15, 0.2) is 15.5 Å². The third-order valence-electron chi connectivity index (χ3n) is 1.93. The van der Waals surface area contributed by atoms with E-state index >= 15 is 0 Å². The average Bonchev–Trinajstić information content (AvgIpc) is 2.12. The molecule has 0 aromatic carbocycles. The largest absolute Gasteiger partial charge is 0.507 e. The Morgan fingerprint density at radius 2 is 2.07 bits per heavy atom. The maximum absolute atomic E-state index is 11.5. The molecule has 0 unspecified atom stereocenters. The van der Waals surface area contributed by atoms with E-state index in [0.29, 0.717) is 5.56 Å². The second-order valence-corrected chi connectivity index (χ2v) is 3.45. The van der Waals surface area contributed by atoms with Gasteiger partial charge < -0.3 is 9.52 Å². The summed E-state index contributed by atoms with van der Waals surface area (Å²) in [5, 5.41) is 9.52. The van der Waals surface area contributed by atoms with Crippen molar-refractivity contribution in [1.82, 2.24) is 0 Å². The van der Waals surface area contributed by atoms with Crippen molar-refractivity contribution in [3.63, 3.8) is 0 Å². The van der Waals surface area contributed by atoms with Gasteiger partial charge in [0.15, 0.2) is 5.78 Å². The Bertz CT molecular complexity index is 415. The first-order chi connectivity index (χ1) is 6.45. The lowest BCUT2D eigenvalue weighted by molar-refractivity contribution is 0.0932. The molecule has 14 heavy (non-hydrogen) atoms. The van der Waals surface area contributed by atoms with Crippen LogP contribution in [0.1, 0.15) is 29.8 Å². The molecule has 0 aliphatic carbocycles. The highest BCUT2D eigenvalue weighted by Gasteiger charge is 2.21. The van der Waals surface area contributed by atoms with E-state index in [9.17, 15) is 14.7 Å². The third kappa shape index (κ3) is 1.69. The minimum absolute atomic E-state index is 0.250. The predicted octanol–water partition coefficient (Wildman–Crippen LogP) is 1.49. The average molecular weight is 196 g/mol. The van der Waals surface area contributed by atoms with E-state index in [1.807, 2.05) is 0 Å². The van der Waals surface area contributed by atoms with Crippen molar-refractivity contribution < 1.29 is 14.3 Å². The Hall–Kier alpha value is -1.58. The Balaban J connectivity index is 3.40. The summed E-state index contributed by atoms with van der Waals surface area (Å²) in [6.07, 6.45) is 1.13. The van der Waals surface area contributed by atoms with E-state index in [0.717, 1.165) is 6.26 Å². The number of hydrogen-bond acceptors (Lipinski definition) is 4. The lowest BCUT2D eigenvalue weighted by Crippen LogP contribution is -2.18. The molecule has 0 aliphatic rings. The predicted molar refractivity (Wildman–Crippen MR) is 50.5 cm³/mol. The molecule has 1 rings (SSSR count). The van der Waals surface area contributed by atoms with Crippen LogP contribution < -0.4 is 5.63 Å². The molecule has 0 saturated heterocycles. The van der Waals surface area contributed by atoms with Crippen LogP contribution in [0, 0.1) is 12.8 Å². The highest BCUT2D eigenvalue weighted by Crippen LogP contribution is 2.20. The van der Waals surface area contributed by atoms with Gasteiger partial charge in [0, 0.05) is 11.5 Å². The van der Waals surface area contributed by atoms with Crippen molar-refractivity contribution in [2.75, 3.05) is 0 Å². The molecule has 76 valence electrons. The first-order valence-electron chi connectivity index (χ1n) is 4.30. The van der Waals surface area contributed by atoms with Crippen molar-refractivity contribution in [3.8, 4) is 5.75 Å². The van der Waals surface area contributed by atoms with Gasteiger partial charge in [0.1, 0.15) is 17.6 Å². The zero-order valence-corrected chi connectivity index (χ0v) is 8.33. The summed E-state index contributed by atoms with van der Waals surface area (Å²) in [7, 11) is 0. The number of rotatable bonds is 2. The number of carbonyl (C=O) groups excluding carboxylic acids is 1. The van der Waals surface area contributed by atoms with Crippen molar-refractivity contribution in [2.24, 2.45) is 5.92 Å². The van der Waals surface area contributed by atoms with Gasteiger partial charge in [-0.1, -0.05) is 13.8 Å². The van der Waals surface area contributed by atoms with Crippen molar-refractivity contribution in [1.29, 1.82) is 0 Å². The van der Waals surface area contributed by atoms with E-state index in [1.54, 1.807) is 20.8 Å². The molecule has 4 nitrogen and oxygen atoms in total. The molecule has 0 bridgehead atoms. The minimum atomic E-state index is -0.785. The lowest BCUT2D eigenvalue weighted by atomic mass is 10.0. The van der Waals surface area contributed by atoms with Crippen molar-refractivity contribution in [3.05, 3.63) is 27.8 Å².